The summed E-state index contributed by atoms with van der Waals surface area (Å²) in [6.45, 7) is 0.984. The molecule has 1 heterocycles. The highest BCUT2D eigenvalue weighted by molar-refractivity contribution is 5.55. The molecule has 0 bridgehead atoms. The van der Waals surface area contributed by atoms with Gasteiger partial charge in [0.2, 0.25) is 5.75 Å². The van der Waals surface area contributed by atoms with Crippen molar-refractivity contribution in [1.82, 2.24) is 4.90 Å². The molecule has 0 N–H and O–H groups in total. The van der Waals surface area contributed by atoms with E-state index in [1.54, 1.807) is 35.5 Å². The number of hydrogen-bond donors (Lipinski definition) is 0. The largest absolute Gasteiger partial charge is 0.493 e. The summed E-state index contributed by atoms with van der Waals surface area (Å²) in [6, 6.07) is 8.45. The first-order valence-corrected chi connectivity index (χ1v) is 9.30. The van der Waals surface area contributed by atoms with Crippen LogP contribution in [0.25, 0.3) is 0 Å². The Balaban J connectivity index is 2.01. The van der Waals surface area contributed by atoms with Gasteiger partial charge in [-0.2, -0.15) is 0 Å². The van der Waals surface area contributed by atoms with E-state index in [9.17, 15) is 0 Å². The Hall–Kier alpha value is -2.60. The molecule has 0 spiro atoms. The average Bonchev–Trinajstić information content (AvgIpc) is 2.73. The molecule has 0 unspecified atom stereocenters. The summed E-state index contributed by atoms with van der Waals surface area (Å²) in [5, 5.41) is 0. The molecule has 1 aliphatic rings. The minimum Gasteiger partial charge on any atom is -0.493 e. The number of hydrogen-bond acceptors (Lipinski definition) is 6. The number of ether oxygens (including phenoxy) is 5. The summed E-state index contributed by atoms with van der Waals surface area (Å²) in [5.74, 6) is 3.48. The van der Waals surface area contributed by atoms with Crippen molar-refractivity contribution in [3.63, 3.8) is 0 Å². The molecule has 0 fully saturated rings. The second-order valence-corrected chi connectivity index (χ2v) is 6.89. The highest BCUT2D eigenvalue weighted by atomic mass is 16.5. The highest BCUT2D eigenvalue weighted by Gasteiger charge is 2.28. The number of fused-ring (bicyclic) bond motifs is 1. The van der Waals surface area contributed by atoms with Crippen molar-refractivity contribution in [2.75, 3.05) is 49.1 Å². The minimum absolute atomic E-state index is 0.214. The average molecular weight is 387 g/mol. The van der Waals surface area contributed by atoms with Crippen LogP contribution >= 0.6 is 0 Å². The highest BCUT2D eigenvalue weighted by Crippen LogP contribution is 2.42. The van der Waals surface area contributed by atoms with Gasteiger partial charge in [-0.15, -0.1) is 0 Å². The molecular formula is C22H29NO5. The van der Waals surface area contributed by atoms with Gasteiger partial charge in [0.15, 0.2) is 23.0 Å². The summed E-state index contributed by atoms with van der Waals surface area (Å²) < 4.78 is 27.5. The second kappa shape index (κ2) is 8.61. The molecule has 2 aromatic rings. The number of methoxy groups -OCH3 is 5. The van der Waals surface area contributed by atoms with Crippen LogP contribution in [0, 0.1) is 0 Å². The van der Waals surface area contributed by atoms with E-state index < -0.39 is 0 Å². The van der Waals surface area contributed by atoms with Crippen molar-refractivity contribution in [3.8, 4) is 28.7 Å². The van der Waals surface area contributed by atoms with Crippen LogP contribution in [0.2, 0.25) is 0 Å². The molecule has 2 aromatic carbocycles. The summed E-state index contributed by atoms with van der Waals surface area (Å²) >= 11 is 0. The number of benzene rings is 2. The molecule has 1 aliphatic heterocycles. The molecule has 0 radical (unpaired) electrons. The van der Waals surface area contributed by atoms with E-state index in [1.165, 1.54) is 11.1 Å². The number of rotatable bonds is 7. The zero-order chi connectivity index (χ0) is 20.3. The Kier molecular flexibility index (Phi) is 6.19. The maximum absolute atomic E-state index is 5.54. The molecule has 6 nitrogen and oxygen atoms in total. The predicted molar refractivity (Wildman–Crippen MR) is 108 cm³/mol. The molecule has 0 aliphatic carbocycles. The number of nitrogens with zero attached hydrogens (tertiary/aromatic N) is 1. The van der Waals surface area contributed by atoms with Gasteiger partial charge in [-0.3, -0.25) is 4.90 Å². The molecule has 0 saturated carbocycles. The van der Waals surface area contributed by atoms with E-state index in [0.29, 0.717) is 17.2 Å². The van der Waals surface area contributed by atoms with Crippen LogP contribution in [0.5, 0.6) is 28.7 Å². The molecule has 152 valence electrons. The Labute approximate surface area is 166 Å². The predicted octanol–water partition coefficient (Wildman–Crippen LogP) is 3.50. The van der Waals surface area contributed by atoms with E-state index in [-0.39, 0.29) is 6.04 Å². The molecule has 3 rings (SSSR count). The fourth-order valence-corrected chi connectivity index (χ4v) is 3.90. The van der Waals surface area contributed by atoms with Crippen molar-refractivity contribution in [2.45, 2.75) is 18.9 Å². The Morgan fingerprint density at radius 2 is 1.36 bits per heavy atom. The van der Waals surface area contributed by atoms with Gasteiger partial charge in [0.05, 0.1) is 35.5 Å². The van der Waals surface area contributed by atoms with Gasteiger partial charge in [0.25, 0.3) is 0 Å². The molecular weight excluding hydrogens is 358 g/mol. The molecule has 0 amide bonds. The zero-order valence-corrected chi connectivity index (χ0v) is 17.5. The van der Waals surface area contributed by atoms with Crippen LogP contribution in [-0.2, 0) is 12.8 Å². The van der Waals surface area contributed by atoms with E-state index in [2.05, 4.69) is 24.1 Å². The maximum atomic E-state index is 5.54. The third kappa shape index (κ3) is 3.69. The van der Waals surface area contributed by atoms with E-state index in [0.717, 1.165) is 36.4 Å². The first-order chi connectivity index (χ1) is 13.6. The normalized spacial score (nSPS) is 16.3. The topological polar surface area (TPSA) is 49.4 Å². The van der Waals surface area contributed by atoms with Crippen LogP contribution in [0.15, 0.2) is 24.3 Å². The fourth-order valence-electron chi connectivity index (χ4n) is 3.90. The van der Waals surface area contributed by atoms with Gasteiger partial charge in [-0.05, 0) is 60.8 Å². The van der Waals surface area contributed by atoms with Gasteiger partial charge in [0.1, 0.15) is 0 Å². The Morgan fingerprint density at radius 1 is 0.786 bits per heavy atom. The first-order valence-electron chi connectivity index (χ1n) is 9.30. The smallest absolute Gasteiger partial charge is 0.203 e. The van der Waals surface area contributed by atoms with Crippen molar-refractivity contribution in [1.29, 1.82) is 0 Å². The minimum atomic E-state index is 0.214. The lowest BCUT2D eigenvalue weighted by atomic mass is 9.88. The van der Waals surface area contributed by atoms with Crippen molar-refractivity contribution in [3.05, 3.63) is 41.0 Å². The lowest BCUT2D eigenvalue weighted by Crippen LogP contribution is -2.33. The first kappa shape index (κ1) is 20.1. The lowest BCUT2D eigenvalue weighted by molar-refractivity contribution is 0.227. The van der Waals surface area contributed by atoms with Crippen LogP contribution in [0.3, 0.4) is 0 Å². The van der Waals surface area contributed by atoms with E-state index >= 15 is 0 Å². The third-order valence-corrected chi connectivity index (χ3v) is 5.42. The van der Waals surface area contributed by atoms with E-state index in [1.807, 2.05) is 12.1 Å². The fraction of sp³-hybridized carbons (Fsp3) is 0.455. The molecule has 0 aromatic heterocycles. The SMILES string of the molecule is COc1cc2c(cc1OC)[C@H](Cc1cc(OC)c(OC)c(OC)c1)N(C)CC2. The zero-order valence-electron chi connectivity index (χ0n) is 17.5. The molecule has 28 heavy (non-hydrogen) atoms. The molecule has 6 heteroatoms. The summed E-state index contributed by atoms with van der Waals surface area (Å²) in [5.41, 5.74) is 3.68. The Morgan fingerprint density at radius 3 is 1.89 bits per heavy atom. The summed E-state index contributed by atoms with van der Waals surface area (Å²) in [6.07, 6.45) is 1.80. The second-order valence-electron chi connectivity index (χ2n) is 6.89. The Bertz CT molecular complexity index is 811. The molecule has 0 saturated heterocycles. The lowest BCUT2D eigenvalue weighted by Gasteiger charge is -2.35. The van der Waals surface area contributed by atoms with Crippen molar-refractivity contribution >= 4 is 0 Å². The summed E-state index contributed by atoms with van der Waals surface area (Å²) in [4.78, 5) is 2.37. The summed E-state index contributed by atoms with van der Waals surface area (Å²) in [7, 11) is 10.4. The molecule has 1 atom stereocenters. The van der Waals surface area contributed by atoms with Gasteiger partial charge in [-0.1, -0.05) is 0 Å². The van der Waals surface area contributed by atoms with Crippen molar-refractivity contribution in [2.24, 2.45) is 0 Å². The van der Waals surface area contributed by atoms with E-state index in [4.69, 9.17) is 23.7 Å². The monoisotopic (exact) mass is 387 g/mol. The van der Waals surface area contributed by atoms with Gasteiger partial charge < -0.3 is 23.7 Å². The van der Waals surface area contributed by atoms with Crippen LogP contribution in [0.1, 0.15) is 22.7 Å². The quantitative estimate of drug-likeness (QED) is 0.725. The van der Waals surface area contributed by atoms with Crippen LogP contribution in [-0.4, -0.2) is 54.0 Å². The van der Waals surface area contributed by atoms with Gasteiger partial charge >= 0.3 is 0 Å². The van der Waals surface area contributed by atoms with Gasteiger partial charge in [0, 0.05) is 12.6 Å². The van der Waals surface area contributed by atoms with Crippen molar-refractivity contribution < 1.29 is 23.7 Å². The van der Waals surface area contributed by atoms with Crippen LogP contribution in [0.4, 0.5) is 0 Å². The van der Waals surface area contributed by atoms with Crippen LogP contribution < -0.4 is 23.7 Å². The maximum Gasteiger partial charge on any atom is 0.203 e. The third-order valence-electron chi connectivity index (χ3n) is 5.42. The number of likely N-dealkylation sites (N-methyl/N-ethyl adjacent to an activating group) is 1. The standard InChI is InChI=1S/C22H29NO5/c1-23-8-7-15-12-18(24-2)19(25-3)13-16(15)17(23)9-14-10-20(26-4)22(28-6)21(11-14)27-5/h10-13,17H,7-9H2,1-6H3/t17-/m0/s1. The van der Waals surface area contributed by atoms with Gasteiger partial charge in [-0.25, -0.2) is 0 Å².